The Hall–Kier alpha value is -1.14. The standard InChI is InChI=1S/C13H19F3N4O3S.ClH/c1-23-12-3-2-10(8-18-12)24(21,22)19-9-11(13(14,15)16)20-6-4-17-5-7-20;/h2-3,8,11,17,19H,4-7,9H2,1H3;1H. The number of ether oxygens (including phenoxy) is 1. The van der Waals surface area contributed by atoms with Crippen molar-refractivity contribution in [3.8, 4) is 5.88 Å². The Bertz CT molecular complexity index is 637. The number of hydrogen-bond donors (Lipinski definition) is 2. The van der Waals surface area contributed by atoms with E-state index in [9.17, 15) is 21.6 Å². The van der Waals surface area contributed by atoms with E-state index in [-0.39, 0.29) is 36.3 Å². The smallest absolute Gasteiger partial charge is 0.405 e. The van der Waals surface area contributed by atoms with Gasteiger partial charge < -0.3 is 10.1 Å². The average Bonchev–Trinajstić information content (AvgIpc) is 2.54. The van der Waals surface area contributed by atoms with Crippen molar-refractivity contribution in [2.24, 2.45) is 0 Å². The van der Waals surface area contributed by atoms with E-state index in [0.29, 0.717) is 13.1 Å². The van der Waals surface area contributed by atoms with Crippen molar-refractivity contribution in [1.29, 1.82) is 0 Å². The van der Waals surface area contributed by atoms with Crippen LogP contribution in [-0.4, -0.2) is 70.4 Å². The molecule has 0 amide bonds. The Balaban J connectivity index is 0.00000312. The van der Waals surface area contributed by atoms with E-state index in [4.69, 9.17) is 4.74 Å². The van der Waals surface area contributed by atoms with Crippen molar-refractivity contribution in [3.05, 3.63) is 18.3 Å². The topological polar surface area (TPSA) is 83.6 Å². The number of rotatable bonds is 6. The van der Waals surface area contributed by atoms with Gasteiger partial charge in [0.15, 0.2) is 0 Å². The van der Waals surface area contributed by atoms with E-state index in [1.165, 1.54) is 24.1 Å². The second-order valence-electron chi connectivity index (χ2n) is 5.23. The van der Waals surface area contributed by atoms with Crippen LogP contribution in [0.1, 0.15) is 0 Å². The number of aromatic nitrogens is 1. The third-order valence-electron chi connectivity index (χ3n) is 3.67. The Morgan fingerprint density at radius 1 is 1.36 bits per heavy atom. The molecule has 2 N–H and O–H groups in total. The maximum atomic E-state index is 13.3. The number of nitrogens with one attached hydrogen (secondary N) is 2. The third kappa shape index (κ3) is 5.96. The molecule has 0 bridgehead atoms. The first-order valence-electron chi connectivity index (χ1n) is 7.25. The molecule has 0 saturated carbocycles. The van der Waals surface area contributed by atoms with Gasteiger partial charge in [0.1, 0.15) is 10.9 Å². The molecule has 1 aliphatic heterocycles. The van der Waals surface area contributed by atoms with Crippen LogP contribution in [0.15, 0.2) is 23.2 Å². The van der Waals surface area contributed by atoms with E-state index in [0.717, 1.165) is 6.20 Å². The third-order valence-corrected chi connectivity index (χ3v) is 5.07. The lowest BCUT2D eigenvalue weighted by atomic mass is 10.2. The summed E-state index contributed by atoms with van der Waals surface area (Å²) in [5, 5.41) is 2.96. The molecule has 25 heavy (non-hydrogen) atoms. The summed E-state index contributed by atoms with van der Waals surface area (Å²) in [6, 6.07) is 0.675. The molecule has 1 aromatic rings. The summed E-state index contributed by atoms with van der Waals surface area (Å²) >= 11 is 0. The van der Waals surface area contributed by atoms with Crippen LogP contribution in [0.3, 0.4) is 0 Å². The zero-order valence-electron chi connectivity index (χ0n) is 13.4. The molecule has 0 aromatic carbocycles. The van der Waals surface area contributed by atoms with Gasteiger partial charge in [0.2, 0.25) is 15.9 Å². The normalized spacial score (nSPS) is 17.6. The SMILES string of the molecule is COc1ccc(S(=O)(=O)NCC(N2CCNCC2)C(F)(F)F)cn1.Cl. The maximum absolute atomic E-state index is 13.3. The second kappa shape index (κ2) is 8.99. The molecule has 1 saturated heterocycles. The number of nitrogens with zero attached hydrogens (tertiary/aromatic N) is 2. The Morgan fingerprint density at radius 2 is 2.00 bits per heavy atom. The number of methoxy groups -OCH3 is 1. The largest absolute Gasteiger partial charge is 0.481 e. The monoisotopic (exact) mass is 404 g/mol. The molecule has 1 aromatic heterocycles. The summed E-state index contributed by atoms with van der Waals surface area (Å²) in [7, 11) is -2.72. The predicted octanol–water partition coefficient (Wildman–Crippen LogP) is 0.626. The van der Waals surface area contributed by atoms with Crippen LogP contribution < -0.4 is 14.8 Å². The Morgan fingerprint density at radius 3 is 2.48 bits per heavy atom. The predicted molar refractivity (Wildman–Crippen MR) is 87.5 cm³/mol. The molecule has 1 atom stereocenters. The molecule has 144 valence electrons. The molecule has 7 nitrogen and oxygen atoms in total. The van der Waals surface area contributed by atoms with Crippen LogP contribution in [0.4, 0.5) is 13.2 Å². The molecule has 2 heterocycles. The molecule has 1 unspecified atom stereocenters. The van der Waals surface area contributed by atoms with Crippen LogP contribution in [0.2, 0.25) is 0 Å². The first-order chi connectivity index (χ1) is 11.2. The minimum Gasteiger partial charge on any atom is -0.481 e. The number of hydrogen-bond acceptors (Lipinski definition) is 6. The minimum atomic E-state index is -4.53. The van der Waals surface area contributed by atoms with E-state index >= 15 is 0 Å². The van der Waals surface area contributed by atoms with Gasteiger partial charge in [-0.25, -0.2) is 18.1 Å². The van der Waals surface area contributed by atoms with Crippen LogP contribution in [-0.2, 0) is 10.0 Å². The summed E-state index contributed by atoms with van der Waals surface area (Å²) < 4.78 is 70.9. The van der Waals surface area contributed by atoms with Gasteiger partial charge in [-0.3, -0.25) is 4.90 Å². The van der Waals surface area contributed by atoms with Gasteiger partial charge in [0.05, 0.1) is 13.3 Å². The van der Waals surface area contributed by atoms with E-state index < -0.39 is 28.8 Å². The summed E-state index contributed by atoms with van der Waals surface area (Å²) in [6.45, 7) is 0.521. The highest BCUT2D eigenvalue weighted by Crippen LogP contribution is 2.25. The lowest BCUT2D eigenvalue weighted by molar-refractivity contribution is -0.182. The van der Waals surface area contributed by atoms with Gasteiger partial charge in [0.25, 0.3) is 0 Å². The van der Waals surface area contributed by atoms with E-state index in [1.54, 1.807) is 0 Å². The van der Waals surface area contributed by atoms with Crippen molar-refractivity contribution in [2.45, 2.75) is 17.1 Å². The number of halogens is 4. The highest BCUT2D eigenvalue weighted by Gasteiger charge is 2.44. The lowest BCUT2D eigenvalue weighted by Gasteiger charge is -2.35. The summed E-state index contributed by atoms with van der Waals surface area (Å²) in [4.78, 5) is 4.76. The molecular weight excluding hydrogens is 385 g/mol. The lowest BCUT2D eigenvalue weighted by Crippen LogP contribution is -2.57. The van der Waals surface area contributed by atoms with Crippen LogP contribution in [0.25, 0.3) is 0 Å². The van der Waals surface area contributed by atoms with E-state index in [1.807, 2.05) is 4.72 Å². The number of pyridine rings is 1. The van der Waals surface area contributed by atoms with Crippen molar-refractivity contribution >= 4 is 22.4 Å². The fourth-order valence-electron chi connectivity index (χ4n) is 2.36. The van der Waals surface area contributed by atoms with Crippen molar-refractivity contribution in [2.75, 3.05) is 39.8 Å². The fraction of sp³-hybridized carbons (Fsp3) is 0.615. The number of sulfonamides is 1. The average molecular weight is 405 g/mol. The van der Waals surface area contributed by atoms with Gasteiger partial charge in [-0.2, -0.15) is 13.2 Å². The minimum absolute atomic E-state index is 0. The van der Waals surface area contributed by atoms with Crippen molar-refractivity contribution in [1.82, 2.24) is 19.9 Å². The molecule has 0 aliphatic carbocycles. The quantitative estimate of drug-likeness (QED) is 0.723. The van der Waals surface area contributed by atoms with Gasteiger partial charge >= 0.3 is 6.18 Å². The number of alkyl halides is 3. The molecule has 2 rings (SSSR count). The van der Waals surface area contributed by atoms with Gasteiger partial charge in [-0.05, 0) is 6.07 Å². The molecule has 1 fully saturated rings. The first kappa shape index (κ1) is 21.9. The van der Waals surface area contributed by atoms with E-state index in [2.05, 4.69) is 10.3 Å². The molecule has 0 spiro atoms. The zero-order valence-corrected chi connectivity index (χ0v) is 15.0. The van der Waals surface area contributed by atoms with Gasteiger partial charge in [-0.1, -0.05) is 0 Å². The first-order valence-corrected chi connectivity index (χ1v) is 8.73. The highest BCUT2D eigenvalue weighted by atomic mass is 35.5. The van der Waals surface area contributed by atoms with Gasteiger partial charge in [-0.15, -0.1) is 12.4 Å². The zero-order chi connectivity index (χ0) is 17.8. The fourth-order valence-corrected chi connectivity index (χ4v) is 3.35. The summed E-state index contributed by atoms with van der Waals surface area (Å²) in [5.74, 6) is 0.211. The van der Waals surface area contributed by atoms with Crippen molar-refractivity contribution in [3.63, 3.8) is 0 Å². The number of piperazine rings is 1. The summed E-state index contributed by atoms with van der Waals surface area (Å²) in [6.07, 6.45) is -3.49. The Labute approximate surface area is 150 Å². The molecule has 1 aliphatic rings. The van der Waals surface area contributed by atoms with Crippen LogP contribution in [0.5, 0.6) is 5.88 Å². The maximum Gasteiger partial charge on any atom is 0.405 e. The Kier molecular flexibility index (Phi) is 7.88. The van der Waals surface area contributed by atoms with Crippen LogP contribution in [0, 0.1) is 0 Å². The molecule has 12 heteroatoms. The molecular formula is C13H20ClF3N4O3S. The second-order valence-corrected chi connectivity index (χ2v) is 7.00. The highest BCUT2D eigenvalue weighted by molar-refractivity contribution is 7.89. The summed E-state index contributed by atoms with van der Waals surface area (Å²) in [5.41, 5.74) is 0. The van der Waals surface area contributed by atoms with Gasteiger partial charge in [0, 0.05) is 38.8 Å². The van der Waals surface area contributed by atoms with Crippen molar-refractivity contribution < 1.29 is 26.3 Å². The molecule has 0 radical (unpaired) electrons. The van der Waals surface area contributed by atoms with Crippen LogP contribution >= 0.6 is 12.4 Å².